The van der Waals surface area contributed by atoms with Crippen LogP contribution in [0.25, 0.3) is 0 Å². The van der Waals surface area contributed by atoms with E-state index in [-0.39, 0.29) is 20.6 Å². The molecular weight excluding hydrogens is 499 g/mol. The van der Waals surface area contributed by atoms with E-state index >= 15 is 0 Å². The molecule has 0 saturated heterocycles. The predicted octanol–water partition coefficient (Wildman–Crippen LogP) is 4.84. The van der Waals surface area contributed by atoms with E-state index in [1.807, 2.05) is 6.07 Å². The normalized spacial score (nSPS) is 13.7. The van der Waals surface area contributed by atoms with Crippen molar-refractivity contribution in [1.29, 1.82) is 0 Å². The van der Waals surface area contributed by atoms with Gasteiger partial charge in [-0.05, 0) is 55.0 Å². The highest BCUT2D eigenvalue weighted by Crippen LogP contribution is 2.33. The maximum atomic E-state index is 13.4. The number of anilines is 1. The molecule has 1 N–H and O–H groups in total. The van der Waals surface area contributed by atoms with E-state index in [0.717, 1.165) is 9.87 Å². The molecule has 1 atom stereocenters. The molecule has 0 aliphatic carbocycles. The van der Waals surface area contributed by atoms with Crippen LogP contribution in [-0.4, -0.2) is 34.1 Å². The first-order valence-electron chi connectivity index (χ1n) is 10.5. The molecule has 178 valence electrons. The number of nitrogens with one attached hydrogen (secondary N) is 1. The third-order valence-electron chi connectivity index (χ3n) is 5.25. The summed E-state index contributed by atoms with van der Waals surface area (Å²) >= 11 is 12.1. The highest BCUT2D eigenvalue weighted by molar-refractivity contribution is 7.92. The van der Waals surface area contributed by atoms with E-state index in [1.54, 1.807) is 37.3 Å². The maximum Gasteiger partial charge on any atom is 0.264 e. The number of hydrogen-bond acceptors (Lipinski definition) is 5. The number of ether oxygens (including phenoxy) is 2. The van der Waals surface area contributed by atoms with E-state index < -0.39 is 28.5 Å². The van der Waals surface area contributed by atoms with Crippen LogP contribution in [0.4, 0.5) is 5.69 Å². The first-order valence-corrected chi connectivity index (χ1v) is 12.7. The Morgan fingerprint density at radius 3 is 2.38 bits per heavy atom. The number of hydrogen-bond donors (Lipinski definition) is 1. The van der Waals surface area contributed by atoms with Crippen LogP contribution in [0.15, 0.2) is 71.6 Å². The molecule has 7 nitrogen and oxygen atoms in total. The number of amides is 1. The van der Waals surface area contributed by atoms with Crippen molar-refractivity contribution >= 4 is 44.8 Å². The van der Waals surface area contributed by atoms with Gasteiger partial charge < -0.3 is 14.8 Å². The number of carbonyl (C=O) groups is 1. The minimum absolute atomic E-state index is 0.0498. The predicted molar refractivity (Wildman–Crippen MR) is 131 cm³/mol. The van der Waals surface area contributed by atoms with Crippen molar-refractivity contribution in [2.75, 3.05) is 24.1 Å². The van der Waals surface area contributed by atoms with Gasteiger partial charge in [0, 0.05) is 0 Å². The number of nitrogens with zero attached hydrogens (tertiary/aromatic N) is 1. The lowest BCUT2D eigenvalue weighted by molar-refractivity contribution is -0.120. The molecule has 10 heteroatoms. The number of sulfonamides is 1. The van der Waals surface area contributed by atoms with E-state index in [4.69, 9.17) is 32.7 Å². The van der Waals surface area contributed by atoms with Gasteiger partial charge in [0.05, 0.1) is 26.7 Å². The minimum Gasteiger partial charge on any atom is -0.486 e. The lowest BCUT2D eigenvalue weighted by Crippen LogP contribution is -2.41. The van der Waals surface area contributed by atoms with Crippen molar-refractivity contribution in [1.82, 2.24) is 5.32 Å². The Balaban J connectivity index is 1.58. The molecule has 4 rings (SSSR count). The van der Waals surface area contributed by atoms with Gasteiger partial charge in [0.1, 0.15) is 19.8 Å². The van der Waals surface area contributed by atoms with Crippen molar-refractivity contribution < 1.29 is 22.7 Å². The number of carbonyl (C=O) groups excluding carboxylic acids is 1. The number of fused-ring (bicyclic) bond motifs is 1. The van der Waals surface area contributed by atoms with Gasteiger partial charge in [0.2, 0.25) is 5.91 Å². The molecule has 3 aromatic carbocycles. The van der Waals surface area contributed by atoms with Crippen LogP contribution in [0.1, 0.15) is 18.5 Å². The van der Waals surface area contributed by atoms with E-state index in [2.05, 4.69) is 5.32 Å². The topological polar surface area (TPSA) is 84.9 Å². The molecule has 34 heavy (non-hydrogen) atoms. The molecule has 1 aliphatic rings. The largest absolute Gasteiger partial charge is 0.486 e. The molecule has 0 spiro atoms. The van der Waals surface area contributed by atoms with Gasteiger partial charge in [0.25, 0.3) is 10.0 Å². The molecule has 1 heterocycles. The number of benzene rings is 3. The van der Waals surface area contributed by atoms with Crippen LogP contribution >= 0.6 is 23.2 Å². The van der Waals surface area contributed by atoms with Crippen molar-refractivity contribution in [2.24, 2.45) is 0 Å². The fourth-order valence-electron chi connectivity index (χ4n) is 3.51. The second kappa shape index (κ2) is 10.1. The average molecular weight is 521 g/mol. The summed E-state index contributed by atoms with van der Waals surface area (Å²) in [5, 5.41) is 3.31. The van der Waals surface area contributed by atoms with Crippen LogP contribution in [0.3, 0.4) is 0 Å². The Labute approximate surface area is 208 Å². The summed E-state index contributed by atoms with van der Waals surface area (Å²) in [6, 6.07) is 17.3. The summed E-state index contributed by atoms with van der Waals surface area (Å²) < 4.78 is 39.0. The minimum atomic E-state index is -4.06. The summed E-state index contributed by atoms with van der Waals surface area (Å²) in [6.07, 6.45) is 0. The Kier molecular flexibility index (Phi) is 7.21. The number of rotatable bonds is 7. The van der Waals surface area contributed by atoms with Crippen molar-refractivity contribution in [3.63, 3.8) is 0 Å². The average Bonchev–Trinajstić information content (AvgIpc) is 2.84. The molecule has 1 aliphatic heterocycles. The fraction of sp³-hybridized carbons (Fsp3) is 0.208. The van der Waals surface area contributed by atoms with Crippen molar-refractivity contribution in [3.05, 3.63) is 82.3 Å². The lowest BCUT2D eigenvalue weighted by atomic mass is 10.1. The molecule has 1 amide bonds. The smallest absolute Gasteiger partial charge is 0.264 e. The van der Waals surface area contributed by atoms with Gasteiger partial charge in [-0.1, -0.05) is 47.5 Å². The molecular formula is C24H22Cl2N2O5S. The van der Waals surface area contributed by atoms with Crippen LogP contribution in [0, 0.1) is 0 Å². The maximum absolute atomic E-state index is 13.4. The monoisotopic (exact) mass is 520 g/mol. The molecule has 0 unspecified atom stereocenters. The zero-order chi connectivity index (χ0) is 24.3. The van der Waals surface area contributed by atoms with E-state index in [1.165, 1.54) is 30.3 Å². The molecule has 0 radical (unpaired) electrons. The Bertz CT molecular complexity index is 1300. The second-order valence-electron chi connectivity index (χ2n) is 7.62. The zero-order valence-electron chi connectivity index (χ0n) is 18.2. The van der Waals surface area contributed by atoms with E-state index in [9.17, 15) is 13.2 Å². The highest BCUT2D eigenvalue weighted by atomic mass is 35.5. The molecule has 3 aromatic rings. The third kappa shape index (κ3) is 5.24. The Morgan fingerprint density at radius 2 is 1.68 bits per heavy atom. The summed E-state index contributed by atoms with van der Waals surface area (Å²) in [6.45, 7) is 2.29. The summed E-state index contributed by atoms with van der Waals surface area (Å²) in [5.41, 5.74) is 1.02. The SMILES string of the molecule is C[C@H](NC(=O)CN(c1ccc(Cl)c(Cl)c1)S(=O)(=O)c1ccccc1)c1ccc2c(c1)OCCO2. The van der Waals surface area contributed by atoms with Gasteiger partial charge in [0.15, 0.2) is 11.5 Å². The van der Waals surface area contributed by atoms with E-state index in [0.29, 0.717) is 24.7 Å². The van der Waals surface area contributed by atoms with Crippen LogP contribution in [0.2, 0.25) is 10.0 Å². The fourth-order valence-corrected chi connectivity index (χ4v) is 5.23. The van der Waals surface area contributed by atoms with Gasteiger partial charge >= 0.3 is 0 Å². The molecule has 0 bridgehead atoms. The van der Waals surface area contributed by atoms with Gasteiger partial charge in [-0.25, -0.2) is 8.42 Å². The zero-order valence-corrected chi connectivity index (χ0v) is 20.5. The summed E-state index contributed by atoms with van der Waals surface area (Å²) in [7, 11) is -4.06. The molecule has 0 aromatic heterocycles. The Morgan fingerprint density at radius 1 is 0.971 bits per heavy atom. The van der Waals surface area contributed by atoms with Crippen molar-refractivity contribution in [2.45, 2.75) is 17.9 Å². The van der Waals surface area contributed by atoms with Crippen LogP contribution < -0.4 is 19.1 Å². The molecule has 0 fully saturated rings. The van der Waals surface area contributed by atoms with Crippen LogP contribution in [-0.2, 0) is 14.8 Å². The first-order chi connectivity index (χ1) is 16.3. The van der Waals surface area contributed by atoms with Gasteiger partial charge in [-0.3, -0.25) is 9.10 Å². The van der Waals surface area contributed by atoms with Crippen LogP contribution in [0.5, 0.6) is 11.5 Å². The first kappa shape index (κ1) is 24.2. The van der Waals surface area contributed by atoms with Gasteiger partial charge in [-0.2, -0.15) is 0 Å². The lowest BCUT2D eigenvalue weighted by Gasteiger charge is -2.26. The Hall–Kier alpha value is -2.94. The second-order valence-corrected chi connectivity index (χ2v) is 10.3. The summed E-state index contributed by atoms with van der Waals surface area (Å²) in [4.78, 5) is 13.0. The quantitative estimate of drug-likeness (QED) is 0.481. The standard InChI is InChI=1S/C24H22Cl2N2O5S/c1-16(17-7-10-22-23(13-17)33-12-11-32-22)27-24(29)15-28(18-8-9-20(25)21(26)14-18)34(30,31)19-5-3-2-4-6-19/h2-10,13-14,16H,11-12,15H2,1H3,(H,27,29)/t16-/m0/s1. The third-order valence-corrected chi connectivity index (χ3v) is 7.78. The van der Waals surface area contributed by atoms with Crippen molar-refractivity contribution in [3.8, 4) is 11.5 Å². The van der Waals surface area contributed by atoms with Gasteiger partial charge in [-0.15, -0.1) is 0 Å². The summed E-state index contributed by atoms with van der Waals surface area (Å²) in [5.74, 6) is 0.759. The molecule has 0 saturated carbocycles. The number of halogens is 2. The highest BCUT2D eigenvalue weighted by Gasteiger charge is 2.28.